The highest BCUT2D eigenvalue weighted by Crippen LogP contribution is 2.29. The molecule has 7 nitrogen and oxygen atoms in total. The zero-order valence-corrected chi connectivity index (χ0v) is 14.1. The van der Waals surface area contributed by atoms with Crippen LogP contribution in [0.3, 0.4) is 0 Å². The molecular weight excluding hydrogens is 324 g/mol. The van der Waals surface area contributed by atoms with E-state index >= 15 is 0 Å². The van der Waals surface area contributed by atoms with Gasteiger partial charge in [0.1, 0.15) is 5.70 Å². The first kappa shape index (κ1) is 18.0. The number of rotatable bonds is 4. The standard InChI is InChI=1S/C18H18N2O5/c1-11-10-12(16(19)21)7-8-14(11)20-9-5-4-6-13(17(22)24-2)15(20)18(23)25-3/h4-10H,1-3H3,(H2,19,21). The van der Waals surface area contributed by atoms with E-state index in [0.29, 0.717) is 16.8 Å². The lowest BCUT2D eigenvalue weighted by Crippen LogP contribution is -2.27. The van der Waals surface area contributed by atoms with Crippen LogP contribution in [-0.4, -0.2) is 32.1 Å². The molecule has 0 spiro atoms. The summed E-state index contributed by atoms with van der Waals surface area (Å²) < 4.78 is 9.60. The summed E-state index contributed by atoms with van der Waals surface area (Å²) in [5.41, 5.74) is 6.97. The normalized spacial score (nSPS) is 13.5. The average Bonchev–Trinajstić information content (AvgIpc) is 2.82. The molecule has 1 aliphatic heterocycles. The molecule has 2 N–H and O–H groups in total. The second-order valence-corrected chi connectivity index (χ2v) is 5.18. The number of carbonyl (C=O) groups excluding carboxylic acids is 3. The molecule has 1 amide bonds. The van der Waals surface area contributed by atoms with Crippen LogP contribution in [0.2, 0.25) is 0 Å². The minimum Gasteiger partial charge on any atom is -0.465 e. The summed E-state index contributed by atoms with van der Waals surface area (Å²) in [4.78, 5) is 37.3. The van der Waals surface area contributed by atoms with Crippen molar-refractivity contribution in [2.45, 2.75) is 6.92 Å². The first-order valence-corrected chi connectivity index (χ1v) is 7.36. The van der Waals surface area contributed by atoms with Gasteiger partial charge in [0.15, 0.2) is 0 Å². The minimum atomic E-state index is -0.699. The van der Waals surface area contributed by atoms with E-state index in [0.717, 1.165) is 0 Å². The average molecular weight is 342 g/mol. The number of methoxy groups -OCH3 is 2. The van der Waals surface area contributed by atoms with Crippen LogP contribution in [0.25, 0.3) is 0 Å². The summed E-state index contributed by atoms with van der Waals surface area (Å²) in [5.74, 6) is -1.92. The molecule has 1 aliphatic rings. The van der Waals surface area contributed by atoms with Crippen LogP contribution < -0.4 is 10.6 Å². The smallest absolute Gasteiger partial charge is 0.355 e. The van der Waals surface area contributed by atoms with Crippen LogP contribution in [0, 0.1) is 6.92 Å². The Kier molecular flexibility index (Phi) is 5.38. The third kappa shape index (κ3) is 3.60. The van der Waals surface area contributed by atoms with Crippen LogP contribution >= 0.6 is 0 Å². The Hall–Kier alpha value is -3.35. The van der Waals surface area contributed by atoms with Crippen molar-refractivity contribution in [2.24, 2.45) is 5.73 Å². The molecular formula is C18H18N2O5. The molecule has 0 radical (unpaired) electrons. The Morgan fingerprint density at radius 2 is 1.72 bits per heavy atom. The Morgan fingerprint density at radius 3 is 2.28 bits per heavy atom. The van der Waals surface area contributed by atoms with E-state index < -0.39 is 17.8 Å². The molecule has 0 bridgehead atoms. The van der Waals surface area contributed by atoms with Crippen molar-refractivity contribution >= 4 is 23.5 Å². The first-order valence-electron chi connectivity index (χ1n) is 7.36. The highest BCUT2D eigenvalue weighted by atomic mass is 16.5. The monoisotopic (exact) mass is 342 g/mol. The quantitative estimate of drug-likeness (QED) is 0.834. The first-order chi connectivity index (χ1) is 11.9. The van der Waals surface area contributed by atoms with Crippen LogP contribution in [0.5, 0.6) is 0 Å². The number of carbonyl (C=O) groups is 3. The van der Waals surface area contributed by atoms with Crippen molar-refractivity contribution in [3.63, 3.8) is 0 Å². The van der Waals surface area contributed by atoms with Crippen molar-refractivity contribution in [2.75, 3.05) is 19.1 Å². The molecule has 0 fully saturated rings. The van der Waals surface area contributed by atoms with Gasteiger partial charge in [0.05, 0.1) is 19.8 Å². The van der Waals surface area contributed by atoms with Crippen molar-refractivity contribution in [3.05, 3.63) is 65.0 Å². The van der Waals surface area contributed by atoms with E-state index in [2.05, 4.69) is 0 Å². The van der Waals surface area contributed by atoms with Gasteiger partial charge in [0, 0.05) is 17.5 Å². The maximum Gasteiger partial charge on any atom is 0.355 e. The van der Waals surface area contributed by atoms with Crippen LogP contribution in [0.4, 0.5) is 5.69 Å². The van der Waals surface area contributed by atoms with Crippen LogP contribution in [0.15, 0.2) is 53.9 Å². The van der Waals surface area contributed by atoms with E-state index in [-0.39, 0.29) is 11.3 Å². The third-order valence-electron chi connectivity index (χ3n) is 3.63. The number of aryl methyl sites for hydroxylation is 1. The summed E-state index contributed by atoms with van der Waals surface area (Å²) >= 11 is 0. The van der Waals surface area contributed by atoms with Gasteiger partial charge >= 0.3 is 11.9 Å². The molecule has 25 heavy (non-hydrogen) atoms. The highest BCUT2D eigenvalue weighted by molar-refractivity contribution is 6.05. The Bertz CT molecular complexity index is 821. The Labute approximate surface area is 145 Å². The van der Waals surface area contributed by atoms with E-state index in [1.165, 1.54) is 25.2 Å². The van der Waals surface area contributed by atoms with Crippen molar-refractivity contribution in [1.82, 2.24) is 0 Å². The fourth-order valence-electron chi connectivity index (χ4n) is 2.43. The zero-order valence-electron chi connectivity index (χ0n) is 14.1. The zero-order chi connectivity index (χ0) is 18.6. The molecule has 0 atom stereocenters. The lowest BCUT2D eigenvalue weighted by atomic mass is 10.1. The number of ether oxygens (including phenoxy) is 2. The molecule has 0 unspecified atom stereocenters. The van der Waals surface area contributed by atoms with Gasteiger partial charge in [-0.05, 0) is 42.8 Å². The van der Waals surface area contributed by atoms with Gasteiger partial charge in [-0.1, -0.05) is 6.08 Å². The van der Waals surface area contributed by atoms with Gasteiger partial charge < -0.3 is 20.1 Å². The highest BCUT2D eigenvalue weighted by Gasteiger charge is 2.28. The number of anilines is 1. The lowest BCUT2D eigenvalue weighted by molar-refractivity contribution is -0.139. The van der Waals surface area contributed by atoms with E-state index in [4.69, 9.17) is 15.2 Å². The van der Waals surface area contributed by atoms with Crippen molar-refractivity contribution in [3.8, 4) is 0 Å². The largest absolute Gasteiger partial charge is 0.465 e. The number of primary amides is 1. The maximum atomic E-state index is 12.3. The van der Waals surface area contributed by atoms with Gasteiger partial charge in [-0.2, -0.15) is 0 Å². The summed E-state index contributed by atoms with van der Waals surface area (Å²) in [6.07, 6.45) is 6.37. The Balaban J connectivity index is 2.67. The summed E-state index contributed by atoms with van der Waals surface area (Å²) in [5, 5.41) is 0. The topological polar surface area (TPSA) is 98.9 Å². The molecule has 130 valence electrons. The molecule has 1 aromatic carbocycles. The second kappa shape index (κ2) is 7.48. The number of hydrogen-bond acceptors (Lipinski definition) is 6. The van der Waals surface area contributed by atoms with Gasteiger partial charge in [-0.15, -0.1) is 0 Å². The summed E-state index contributed by atoms with van der Waals surface area (Å²) in [6.45, 7) is 1.76. The molecule has 0 aliphatic carbocycles. The number of allylic oxidation sites excluding steroid dienone is 2. The number of benzene rings is 1. The molecule has 1 aromatic rings. The molecule has 1 heterocycles. The number of nitrogens with zero attached hydrogens (tertiary/aromatic N) is 1. The summed E-state index contributed by atoms with van der Waals surface area (Å²) in [6, 6.07) is 4.79. The molecule has 7 heteroatoms. The second-order valence-electron chi connectivity index (χ2n) is 5.18. The maximum absolute atomic E-state index is 12.3. The Morgan fingerprint density at radius 1 is 1.04 bits per heavy atom. The minimum absolute atomic E-state index is 0.00859. The molecule has 0 saturated carbocycles. The molecule has 2 rings (SSSR count). The van der Waals surface area contributed by atoms with Crippen molar-refractivity contribution < 1.29 is 23.9 Å². The lowest BCUT2D eigenvalue weighted by Gasteiger charge is -2.24. The molecule has 0 aromatic heterocycles. The van der Waals surface area contributed by atoms with Gasteiger partial charge in [-0.3, -0.25) is 4.79 Å². The van der Waals surface area contributed by atoms with Gasteiger partial charge in [-0.25, -0.2) is 9.59 Å². The fraction of sp³-hybridized carbons (Fsp3) is 0.167. The predicted molar refractivity (Wildman–Crippen MR) is 91.5 cm³/mol. The van der Waals surface area contributed by atoms with Gasteiger partial charge in [0.25, 0.3) is 0 Å². The predicted octanol–water partition coefficient (Wildman–Crippen LogP) is 1.58. The molecule has 0 saturated heterocycles. The number of esters is 2. The number of nitrogens with two attached hydrogens (primary N) is 1. The van der Waals surface area contributed by atoms with Crippen LogP contribution in [0.1, 0.15) is 15.9 Å². The van der Waals surface area contributed by atoms with E-state index in [1.807, 2.05) is 0 Å². The number of amides is 1. The van der Waals surface area contributed by atoms with E-state index in [9.17, 15) is 14.4 Å². The van der Waals surface area contributed by atoms with Crippen LogP contribution in [-0.2, 0) is 19.1 Å². The summed E-state index contributed by atoms with van der Waals surface area (Å²) in [7, 11) is 2.46. The number of hydrogen-bond donors (Lipinski definition) is 1. The van der Waals surface area contributed by atoms with Gasteiger partial charge in [0.2, 0.25) is 5.91 Å². The van der Waals surface area contributed by atoms with E-state index in [1.54, 1.807) is 43.5 Å². The third-order valence-corrected chi connectivity index (χ3v) is 3.63. The SMILES string of the molecule is COC(=O)C1=C(C(=O)OC)N(c2ccc(C(N)=O)cc2C)C=CC=C1. The van der Waals surface area contributed by atoms with Crippen molar-refractivity contribution in [1.29, 1.82) is 0 Å². The fourth-order valence-corrected chi connectivity index (χ4v) is 2.43.